The number of aromatic nitrogens is 1. The van der Waals surface area contributed by atoms with Crippen LogP contribution in [0.2, 0.25) is 0 Å². The third kappa shape index (κ3) is 2.09. The maximum atomic E-state index is 8.98. The normalized spacial score (nSPS) is 9.75. The quantitative estimate of drug-likeness (QED) is 0.760. The molecule has 1 aromatic heterocycles. The van der Waals surface area contributed by atoms with E-state index in [1.54, 1.807) is 12.4 Å². The molecule has 0 bridgehead atoms. The van der Waals surface area contributed by atoms with Crippen LogP contribution in [-0.2, 0) is 6.42 Å². The molecular formula is C14H12N2. The maximum Gasteiger partial charge on any atom is 0.101 e. The fraction of sp³-hybridized carbons (Fsp3) is 0.143. The highest BCUT2D eigenvalue weighted by Gasteiger charge is 2.04. The van der Waals surface area contributed by atoms with E-state index in [0.29, 0.717) is 5.56 Å². The van der Waals surface area contributed by atoms with E-state index in [1.807, 2.05) is 18.2 Å². The standard InChI is InChI=1S/C14H12N2/c1-11-4-2-3-5-12(11)8-13-6-7-16-10-14(13)9-15/h2-7,10H,8H2,1H3. The first-order valence-corrected chi connectivity index (χ1v) is 5.19. The number of rotatable bonds is 2. The smallest absolute Gasteiger partial charge is 0.101 e. The van der Waals surface area contributed by atoms with Crippen molar-refractivity contribution < 1.29 is 0 Å². The molecule has 1 heterocycles. The molecule has 0 atom stereocenters. The number of nitriles is 1. The van der Waals surface area contributed by atoms with E-state index >= 15 is 0 Å². The lowest BCUT2D eigenvalue weighted by Crippen LogP contribution is -1.95. The van der Waals surface area contributed by atoms with E-state index in [4.69, 9.17) is 5.26 Å². The van der Waals surface area contributed by atoms with Crippen LogP contribution >= 0.6 is 0 Å². The average molecular weight is 208 g/mol. The highest BCUT2D eigenvalue weighted by molar-refractivity contribution is 5.40. The predicted octanol–water partition coefficient (Wildman–Crippen LogP) is 2.85. The van der Waals surface area contributed by atoms with Gasteiger partial charge in [0.1, 0.15) is 6.07 Å². The van der Waals surface area contributed by atoms with Gasteiger partial charge in [-0.3, -0.25) is 4.98 Å². The summed E-state index contributed by atoms with van der Waals surface area (Å²) in [5, 5.41) is 8.98. The van der Waals surface area contributed by atoms with Gasteiger partial charge in [-0.15, -0.1) is 0 Å². The zero-order valence-electron chi connectivity index (χ0n) is 9.14. The van der Waals surface area contributed by atoms with Gasteiger partial charge in [-0.05, 0) is 36.1 Å². The Labute approximate surface area is 95.2 Å². The summed E-state index contributed by atoms with van der Waals surface area (Å²) in [6.45, 7) is 2.09. The molecule has 0 fully saturated rings. The first kappa shape index (κ1) is 10.4. The largest absolute Gasteiger partial charge is 0.263 e. The number of nitrogens with zero attached hydrogens (tertiary/aromatic N) is 2. The zero-order valence-corrected chi connectivity index (χ0v) is 9.14. The number of benzene rings is 1. The molecule has 2 nitrogen and oxygen atoms in total. The highest BCUT2D eigenvalue weighted by Crippen LogP contribution is 2.15. The molecule has 78 valence electrons. The third-order valence-electron chi connectivity index (χ3n) is 2.67. The van der Waals surface area contributed by atoms with Gasteiger partial charge in [0.2, 0.25) is 0 Å². The fourth-order valence-electron chi connectivity index (χ4n) is 1.69. The summed E-state index contributed by atoms with van der Waals surface area (Å²) < 4.78 is 0. The first-order chi connectivity index (χ1) is 7.81. The molecule has 16 heavy (non-hydrogen) atoms. The van der Waals surface area contributed by atoms with E-state index < -0.39 is 0 Å². The van der Waals surface area contributed by atoms with Gasteiger partial charge in [0.05, 0.1) is 5.56 Å². The van der Waals surface area contributed by atoms with Crippen molar-refractivity contribution in [3.63, 3.8) is 0 Å². The molecule has 0 aliphatic rings. The third-order valence-corrected chi connectivity index (χ3v) is 2.67. The van der Waals surface area contributed by atoms with Crippen LogP contribution in [-0.4, -0.2) is 4.98 Å². The molecule has 0 aliphatic carbocycles. The van der Waals surface area contributed by atoms with E-state index in [0.717, 1.165) is 12.0 Å². The van der Waals surface area contributed by atoms with E-state index in [2.05, 4.69) is 30.1 Å². The Bertz CT molecular complexity index is 538. The first-order valence-electron chi connectivity index (χ1n) is 5.19. The second kappa shape index (κ2) is 4.59. The second-order valence-electron chi connectivity index (χ2n) is 3.75. The second-order valence-corrected chi connectivity index (χ2v) is 3.75. The summed E-state index contributed by atoms with van der Waals surface area (Å²) in [7, 11) is 0. The summed E-state index contributed by atoms with van der Waals surface area (Å²) in [4.78, 5) is 3.96. The van der Waals surface area contributed by atoms with Crippen molar-refractivity contribution in [3.05, 3.63) is 65.0 Å². The van der Waals surface area contributed by atoms with Gasteiger partial charge in [-0.1, -0.05) is 24.3 Å². The SMILES string of the molecule is Cc1ccccc1Cc1ccncc1C#N. The number of pyridine rings is 1. The van der Waals surface area contributed by atoms with Crippen LogP contribution in [0.25, 0.3) is 0 Å². The lowest BCUT2D eigenvalue weighted by Gasteiger charge is -2.06. The van der Waals surface area contributed by atoms with Crippen LogP contribution in [0.3, 0.4) is 0 Å². The maximum absolute atomic E-state index is 8.98. The van der Waals surface area contributed by atoms with Gasteiger partial charge in [-0.25, -0.2) is 0 Å². The average Bonchev–Trinajstić information content (AvgIpc) is 2.33. The van der Waals surface area contributed by atoms with Crippen molar-refractivity contribution in [2.24, 2.45) is 0 Å². The lowest BCUT2D eigenvalue weighted by molar-refractivity contribution is 1.12. The van der Waals surface area contributed by atoms with Crippen molar-refractivity contribution in [3.8, 4) is 6.07 Å². The summed E-state index contributed by atoms with van der Waals surface area (Å²) in [5.74, 6) is 0. The van der Waals surface area contributed by atoms with Crippen molar-refractivity contribution in [1.82, 2.24) is 4.98 Å². The molecule has 0 amide bonds. The fourth-order valence-corrected chi connectivity index (χ4v) is 1.69. The highest BCUT2D eigenvalue weighted by atomic mass is 14.6. The molecule has 0 spiro atoms. The minimum atomic E-state index is 0.658. The Morgan fingerprint density at radius 3 is 2.75 bits per heavy atom. The molecule has 2 rings (SSSR count). The molecule has 1 aromatic carbocycles. The van der Waals surface area contributed by atoms with Crippen LogP contribution in [0.15, 0.2) is 42.7 Å². The molecule has 0 aliphatic heterocycles. The zero-order chi connectivity index (χ0) is 11.4. The van der Waals surface area contributed by atoms with Crippen LogP contribution < -0.4 is 0 Å². The van der Waals surface area contributed by atoms with Crippen molar-refractivity contribution in [2.75, 3.05) is 0 Å². The van der Waals surface area contributed by atoms with Gasteiger partial charge >= 0.3 is 0 Å². The van der Waals surface area contributed by atoms with E-state index in [9.17, 15) is 0 Å². The minimum Gasteiger partial charge on any atom is -0.263 e. The summed E-state index contributed by atoms with van der Waals surface area (Å²) in [6, 6.07) is 12.3. The molecule has 0 saturated heterocycles. The Balaban J connectivity index is 2.35. The van der Waals surface area contributed by atoms with Crippen molar-refractivity contribution in [1.29, 1.82) is 5.26 Å². The monoisotopic (exact) mass is 208 g/mol. The number of hydrogen-bond acceptors (Lipinski definition) is 2. The van der Waals surface area contributed by atoms with Gasteiger partial charge in [0.25, 0.3) is 0 Å². The lowest BCUT2D eigenvalue weighted by atomic mass is 9.99. The van der Waals surface area contributed by atoms with Gasteiger partial charge in [-0.2, -0.15) is 5.26 Å². The molecular weight excluding hydrogens is 196 g/mol. The Morgan fingerprint density at radius 1 is 1.19 bits per heavy atom. The van der Waals surface area contributed by atoms with Gasteiger partial charge < -0.3 is 0 Å². The summed E-state index contributed by atoms with van der Waals surface area (Å²) in [6.07, 6.45) is 4.14. The molecule has 0 unspecified atom stereocenters. The molecule has 2 aromatic rings. The van der Waals surface area contributed by atoms with Crippen LogP contribution in [0.1, 0.15) is 22.3 Å². The van der Waals surface area contributed by atoms with Crippen molar-refractivity contribution >= 4 is 0 Å². The number of hydrogen-bond donors (Lipinski definition) is 0. The molecule has 2 heteroatoms. The molecule has 0 N–H and O–H groups in total. The van der Waals surface area contributed by atoms with Crippen LogP contribution in [0.5, 0.6) is 0 Å². The van der Waals surface area contributed by atoms with E-state index in [-0.39, 0.29) is 0 Å². The van der Waals surface area contributed by atoms with Crippen LogP contribution in [0, 0.1) is 18.3 Å². The molecule has 0 saturated carbocycles. The van der Waals surface area contributed by atoms with Crippen LogP contribution in [0.4, 0.5) is 0 Å². The topological polar surface area (TPSA) is 36.7 Å². The van der Waals surface area contributed by atoms with Gasteiger partial charge in [0.15, 0.2) is 0 Å². The Hall–Kier alpha value is -2.14. The number of aryl methyl sites for hydroxylation is 1. The Kier molecular flexibility index (Phi) is 2.98. The molecule has 0 radical (unpaired) electrons. The Morgan fingerprint density at radius 2 is 2.00 bits per heavy atom. The van der Waals surface area contributed by atoms with Crippen molar-refractivity contribution in [2.45, 2.75) is 13.3 Å². The van der Waals surface area contributed by atoms with E-state index in [1.165, 1.54) is 11.1 Å². The minimum absolute atomic E-state index is 0.658. The summed E-state index contributed by atoms with van der Waals surface area (Å²) in [5.41, 5.74) is 4.20. The summed E-state index contributed by atoms with van der Waals surface area (Å²) >= 11 is 0. The predicted molar refractivity (Wildman–Crippen MR) is 62.9 cm³/mol. The van der Waals surface area contributed by atoms with Gasteiger partial charge in [0, 0.05) is 12.4 Å².